The fourth-order valence-electron chi connectivity index (χ4n) is 2.40. The first-order chi connectivity index (χ1) is 9.19. The molecule has 1 N–H and O–H groups in total. The van der Waals surface area contributed by atoms with Gasteiger partial charge in [0.15, 0.2) is 0 Å². The SMILES string of the molecule is CCC(C)Oc1cccc(N2CCNCC(C)C2)c1. The van der Waals surface area contributed by atoms with E-state index in [9.17, 15) is 0 Å². The van der Waals surface area contributed by atoms with Gasteiger partial charge in [-0.3, -0.25) is 0 Å². The molecule has 1 aliphatic heterocycles. The maximum Gasteiger partial charge on any atom is 0.121 e. The first kappa shape index (κ1) is 14.2. The van der Waals surface area contributed by atoms with Crippen LogP contribution < -0.4 is 15.0 Å². The highest BCUT2D eigenvalue weighted by atomic mass is 16.5. The summed E-state index contributed by atoms with van der Waals surface area (Å²) < 4.78 is 5.91. The van der Waals surface area contributed by atoms with E-state index < -0.39 is 0 Å². The van der Waals surface area contributed by atoms with Crippen molar-refractivity contribution >= 4 is 5.69 Å². The summed E-state index contributed by atoms with van der Waals surface area (Å²) >= 11 is 0. The zero-order chi connectivity index (χ0) is 13.7. The van der Waals surface area contributed by atoms with Gasteiger partial charge >= 0.3 is 0 Å². The van der Waals surface area contributed by atoms with Gasteiger partial charge in [0, 0.05) is 31.4 Å². The molecule has 0 radical (unpaired) electrons. The van der Waals surface area contributed by atoms with Gasteiger partial charge in [-0.1, -0.05) is 19.9 Å². The molecule has 0 aromatic heterocycles. The molecular formula is C16H26N2O. The maximum absolute atomic E-state index is 5.91. The van der Waals surface area contributed by atoms with E-state index in [0.29, 0.717) is 5.92 Å². The lowest BCUT2D eigenvalue weighted by Gasteiger charge is -2.25. The molecule has 1 aliphatic rings. The van der Waals surface area contributed by atoms with E-state index in [2.05, 4.69) is 55.3 Å². The third kappa shape index (κ3) is 4.13. The fraction of sp³-hybridized carbons (Fsp3) is 0.625. The number of ether oxygens (including phenoxy) is 1. The molecule has 0 bridgehead atoms. The van der Waals surface area contributed by atoms with Crippen LogP contribution in [0.4, 0.5) is 5.69 Å². The molecule has 1 heterocycles. The molecule has 19 heavy (non-hydrogen) atoms. The third-order valence-corrected chi connectivity index (χ3v) is 3.68. The largest absolute Gasteiger partial charge is 0.491 e. The normalized spacial score (nSPS) is 21.8. The van der Waals surface area contributed by atoms with Crippen molar-refractivity contribution < 1.29 is 4.74 Å². The molecular weight excluding hydrogens is 236 g/mol. The highest BCUT2D eigenvalue weighted by Crippen LogP contribution is 2.23. The summed E-state index contributed by atoms with van der Waals surface area (Å²) in [7, 11) is 0. The summed E-state index contributed by atoms with van der Waals surface area (Å²) in [5, 5.41) is 3.48. The first-order valence-electron chi connectivity index (χ1n) is 7.41. The standard InChI is InChI=1S/C16H26N2O/c1-4-14(3)19-16-7-5-6-15(10-16)18-9-8-17-11-13(2)12-18/h5-7,10,13-14,17H,4,8-9,11-12H2,1-3H3. The zero-order valence-electron chi connectivity index (χ0n) is 12.4. The Bertz CT molecular complexity index is 394. The quantitative estimate of drug-likeness (QED) is 0.903. The smallest absolute Gasteiger partial charge is 0.121 e. The number of anilines is 1. The van der Waals surface area contributed by atoms with Gasteiger partial charge in [0.05, 0.1) is 6.10 Å². The summed E-state index contributed by atoms with van der Waals surface area (Å²) in [6.07, 6.45) is 1.31. The van der Waals surface area contributed by atoms with Crippen LogP contribution in [0.1, 0.15) is 27.2 Å². The van der Waals surface area contributed by atoms with Crippen LogP contribution >= 0.6 is 0 Å². The number of benzene rings is 1. The van der Waals surface area contributed by atoms with Crippen molar-refractivity contribution in [2.75, 3.05) is 31.1 Å². The van der Waals surface area contributed by atoms with E-state index in [0.717, 1.165) is 38.3 Å². The first-order valence-corrected chi connectivity index (χ1v) is 7.41. The average Bonchev–Trinajstić information content (AvgIpc) is 2.63. The molecule has 2 unspecified atom stereocenters. The zero-order valence-corrected chi connectivity index (χ0v) is 12.4. The van der Waals surface area contributed by atoms with Gasteiger partial charge in [0.2, 0.25) is 0 Å². The molecule has 0 amide bonds. The van der Waals surface area contributed by atoms with Crippen LogP contribution in [-0.4, -0.2) is 32.3 Å². The van der Waals surface area contributed by atoms with Crippen molar-refractivity contribution in [2.24, 2.45) is 5.92 Å². The van der Waals surface area contributed by atoms with Crippen molar-refractivity contribution in [1.82, 2.24) is 5.32 Å². The molecule has 0 aliphatic carbocycles. The lowest BCUT2D eigenvalue weighted by atomic mass is 10.1. The monoisotopic (exact) mass is 262 g/mol. The van der Waals surface area contributed by atoms with Crippen molar-refractivity contribution in [2.45, 2.75) is 33.3 Å². The van der Waals surface area contributed by atoms with Gasteiger partial charge in [-0.2, -0.15) is 0 Å². The van der Waals surface area contributed by atoms with E-state index >= 15 is 0 Å². The van der Waals surface area contributed by atoms with E-state index in [1.165, 1.54) is 5.69 Å². The second kappa shape index (κ2) is 6.80. The highest BCUT2D eigenvalue weighted by Gasteiger charge is 2.15. The fourth-order valence-corrected chi connectivity index (χ4v) is 2.40. The maximum atomic E-state index is 5.91. The summed E-state index contributed by atoms with van der Waals surface area (Å²) in [5.41, 5.74) is 1.27. The lowest BCUT2D eigenvalue weighted by Crippen LogP contribution is -2.29. The second-order valence-corrected chi connectivity index (χ2v) is 5.59. The van der Waals surface area contributed by atoms with E-state index in [1.54, 1.807) is 0 Å². The minimum atomic E-state index is 0.278. The molecule has 1 aromatic carbocycles. The molecule has 0 saturated carbocycles. The Hall–Kier alpha value is -1.22. The topological polar surface area (TPSA) is 24.5 Å². The second-order valence-electron chi connectivity index (χ2n) is 5.59. The van der Waals surface area contributed by atoms with Gasteiger partial charge in [-0.05, 0) is 37.9 Å². The van der Waals surface area contributed by atoms with E-state index in [1.807, 2.05) is 0 Å². The molecule has 1 fully saturated rings. The van der Waals surface area contributed by atoms with Crippen LogP contribution in [0.25, 0.3) is 0 Å². The van der Waals surface area contributed by atoms with Crippen LogP contribution in [0, 0.1) is 5.92 Å². The molecule has 2 rings (SSSR count). The van der Waals surface area contributed by atoms with Crippen LogP contribution in [0.3, 0.4) is 0 Å². The Morgan fingerprint density at radius 2 is 2.32 bits per heavy atom. The Kier molecular flexibility index (Phi) is 5.08. The predicted octanol–water partition coefficient (Wildman–Crippen LogP) is 2.91. The van der Waals surface area contributed by atoms with Crippen molar-refractivity contribution in [3.8, 4) is 5.75 Å². The van der Waals surface area contributed by atoms with E-state index in [-0.39, 0.29) is 6.10 Å². The molecule has 0 spiro atoms. The number of nitrogens with zero attached hydrogens (tertiary/aromatic N) is 1. The van der Waals surface area contributed by atoms with Gasteiger partial charge in [0.1, 0.15) is 5.75 Å². The number of hydrogen-bond acceptors (Lipinski definition) is 3. The molecule has 106 valence electrons. The lowest BCUT2D eigenvalue weighted by molar-refractivity contribution is 0.217. The van der Waals surface area contributed by atoms with Crippen molar-refractivity contribution in [3.05, 3.63) is 24.3 Å². The molecule has 2 atom stereocenters. The van der Waals surface area contributed by atoms with Crippen LogP contribution in [-0.2, 0) is 0 Å². The molecule has 1 saturated heterocycles. The van der Waals surface area contributed by atoms with Gasteiger partial charge < -0.3 is 15.0 Å². The van der Waals surface area contributed by atoms with Gasteiger partial charge in [0.25, 0.3) is 0 Å². The molecule has 3 nitrogen and oxygen atoms in total. The Balaban J connectivity index is 2.08. The summed E-state index contributed by atoms with van der Waals surface area (Å²) in [6.45, 7) is 10.9. The predicted molar refractivity (Wildman–Crippen MR) is 81.1 cm³/mol. The summed E-state index contributed by atoms with van der Waals surface area (Å²) in [5.74, 6) is 1.67. The Morgan fingerprint density at radius 3 is 3.11 bits per heavy atom. The summed E-state index contributed by atoms with van der Waals surface area (Å²) in [6, 6.07) is 8.50. The Morgan fingerprint density at radius 1 is 1.47 bits per heavy atom. The third-order valence-electron chi connectivity index (χ3n) is 3.68. The van der Waals surface area contributed by atoms with Crippen LogP contribution in [0.15, 0.2) is 24.3 Å². The van der Waals surface area contributed by atoms with E-state index in [4.69, 9.17) is 4.74 Å². The number of hydrogen-bond donors (Lipinski definition) is 1. The van der Waals surface area contributed by atoms with Crippen LogP contribution in [0.5, 0.6) is 5.75 Å². The highest BCUT2D eigenvalue weighted by molar-refractivity contribution is 5.51. The van der Waals surface area contributed by atoms with Crippen molar-refractivity contribution in [1.29, 1.82) is 0 Å². The number of nitrogens with one attached hydrogen (secondary N) is 1. The average molecular weight is 262 g/mol. The number of rotatable bonds is 4. The van der Waals surface area contributed by atoms with Crippen LogP contribution in [0.2, 0.25) is 0 Å². The minimum absolute atomic E-state index is 0.278. The summed E-state index contributed by atoms with van der Waals surface area (Å²) in [4.78, 5) is 2.45. The molecule has 3 heteroatoms. The Labute approximate surface area is 116 Å². The van der Waals surface area contributed by atoms with Gasteiger partial charge in [-0.15, -0.1) is 0 Å². The minimum Gasteiger partial charge on any atom is -0.491 e. The molecule has 1 aromatic rings. The van der Waals surface area contributed by atoms with Gasteiger partial charge in [-0.25, -0.2) is 0 Å². The van der Waals surface area contributed by atoms with Crippen molar-refractivity contribution in [3.63, 3.8) is 0 Å².